The number of piperidine rings is 1. The Kier molecular flexibility index (Phi) is 9.98. The van der Waals surface area contributed by atoms with E-state index in [2.05, 4.69) is 11.8 Å². The van der Waals surface area contributed by atoms with Crippen LogP contribution in [0.3, 0.4) is 0 Å². The average Bonchev–Trinajstić information content (AvgIpc) is 3.52. The lowest BCUT2D eigenvalue weighted by atomic mass is 9.92. The molecule has 1 saturated heterocycles. The number of esters is 1. The SMILES string of the molecule is COC(=O)[C@@H](OC(C)(C)C)c1c(C)c(C)c2nc3cn2c1N1CCC(C)(CC1)OCCCC[C@H](C)Oc1ccc(F)c(F)c1-c1cccc-3c1. The van der Waals surface area contributed by atoms with E-state index < -0.39 is 29.3 Å². The molecular formula is C40H49F2N3O5. The molecule has 5 heterocycles. The van der Waals surface area contributed by atoms with E-state index in [4.69, 9.17) is 23.9 Å². The van der Waals surface area contributed by atoms with E-state index in [0.717, 1.165) is 71.9 Å². The molecule has 268 valence electrons. The second kappa shape index (κ2) is 13.9. The molecule has 0 spiro atoms. The number of hydrogen-bond acceptors (Lipinski definition) is 7. The van der Waals surface area contributed by atoms with E-state index in [9.17, 15) is 9.18 Å². The summed E-state index contributed by atoms with van der Waals surface area (Å²) in [4.78, 5) is 20.9. The van der Waals surface area contributed by atoms with Crippen LogP contribution >= 0.6 is 0 Å². The zero-order valence-electron chi connectivity index (χ0n) is 30.5. The second-order valence-electron chi connectivity index (χ2n) is 15.0. The summed E-state index contributed by atoms with van der Waals surface area (Å²) in [5.74, 6) is -1.27. The number of ether oxygens (including phenoxy) is 4. The molecule has 0 saturated carbocycles. The first kappa shape index (κ1) is 35.8. The molecular weight excluding hydrogens is 640 g/mol. The number of rotatable bonds is 3. The van der Waals surface area contributed by atoms with Gasteiger partial charge in [0.1, 0.15) is 17.2 Å². The van der Waals surface area contributed by atoms with Crippen LogP contribution in [0.5, 0.6) is 5.75 Å². The van der Waals surface area contributed by atoms with Crippen LogP contribution in [0.1, 0.15) is 89.5 Å². The highest BCUT2D eigenvalue weighted by Crippen LogP contribution is 2.42. The molecule has 6 bridgehead atoms. The Balaban J connectivity index is 1.59. The van der Waals surface area contributed by atoms with Crippen LogP contribution in [0.15, 0.2) is 42.6 Å². The lowest BCUT2D eigenvalue weighted by Crippen LogP contribution is -2.45. The van der Waals surface area contributed by atoms with Crippen LogP contribution in [0, 0.1) is 25.5 Å². The highest BCUT2D eigenvalue weighted by molar-refractivity contribution is 5.82. The minimum Gasteiger partial charge on any atom is -0.490 e. The van der Waals surface area contributed by atoms with E-state index >= 15 is 4.39 Å². The number of aryl methyl sites for hydroxylation is 1. The fourth-order valence-corrected chi connectivity index (χ4v) is 7.13. The number of aromatic nitrogens is 2. The highest BCUT2D eigenvalue weighted by Gasteiger charge is 2.38. The van der Waals surface area contributed by atoms with E-state index in [1.165, 1.54) is 13.2 Å². The van der Waals surface area contributed by atoms with Crippen molar-refractivity contribution in [2.24, 2.45) is 0 Å². The molecule has 3 aliphatic heterocycles. The summed E-state index contributed by atoms with van der Waals surface area (Å²) in [7, 11) is 1.38. The molecule has 1 fully saturated rings. The maximum atomic E-state index is 15.6. The molecule has 8 nitrogen and oxygen atoms in total. The van der Waals surface area contributed by atoms with Gasteiger partial charge in [-0.25, -0.2) is 18.6 Å². The number of anilines is 1. The van der Waals surface area contributed by atoms with Crippen LogP contribution in [-0.2, 0) is 19.0 Å². The third kappa shape index (κ3) is 7.10. The van der Waals surface area contributed by atoms with Crippen molar-refractivity contribution in [3.8, 4) is 28.1 Å². The topological polar surface area (TPSA) is 74.5 Å². The highest BCUT2D eigenvalue weighted by atomic mass is 19.2. The monoisotopic (exact) mass is 689 g/mol. The zero-order chi connectivity index (χ0) is 36.0. The molecule has 2 aromatic heterocycles. The van der Waals surface area contributed by atoms with Crippen LogP contribution < -0.4 is 9.64 Å². The van der Waals surface area contributed by atoms with Crippen LogP contribution in [0.2, 0.25) is 0 Å². The molecule has 0 N–H and O–H groups in total. The molecule has 2 aromatic carbocycles. The first-order valence-electron chi connectivity index (χ1n) is 17.6. The van der Waals surface area contributed by atoms with Gasteiger partial charge in [-0.15, -0.1) is 0 Å². The lowest BCUT2D eigenvalue weighted by molar-refractivity contribution is -0.164. The number of hydrogen-bond donors (Lipinski definition) is 0. The number of halogens is 2. The van der Waals surface area contributed by atoms with Gasteiger partial charge in [0, 0.05) is 37.0 Å². The Morgan fingerprint density at radius 1 is 1.06 bits per heavy atom. The zero-order valence-corrected chi connectivity index (χ0v) is 30.5. The summed E-state index contributed by atoms with van der Waals surface area (Å²) < 4.78 is 56.9. The van der Waals surface area contributed by atoms with Gasteiger partial charge in [0.2, 0.25) is 0 Å². The van der Waals surface area contributed by atoms with Crippen LogP contribution in [-0.4, -0.2) is 59.5 Å². The standard InChI is InChI=1S/C40H49F2N3O5/c1-24-12-9-10-21-48-40(7)17-19-44(20-18-40)37-32(35(38(46)47-8)50-39(4,5)6)25(2)26(3)36-43-30(23-45(36)37)27-13-11-14-28(22-27)33-31(49-24)16-15-29(41)34(33)42/h11,13-16,22-24,35H,9-10,12,17-21H2,1-8H3/t24-,35-/m0/s1. The lowest BCUT2D eigenvalue weighted by Gasteiger charge is -2.42. The minimum absolute atomic E-state index is 0.0757. The molecule has 10 heteroatoms. The molecule has 0 unspecified atom stereocenters. The summed E-state index contributed by atoms with van der Waals surface area (Å²) in [6, 6.07) is 9.91. The average molecular weight is 690 g/mol. The third-order valence-corrected chi connectivity index (χ3v) is 10.0. The number of carbonyl (C=O) groups excluding carboxylic acids is 1. The normalized spacial score (nSPS) is 20.8. The van der Waals surface area contributed by atoms with Crippen molar-refractivity contribution in [1.82, 2.24) is 9.38 Å². The largest absolute Gasteiger partial charge is 0.490 e. The van der Waals surface area contributed by atoms with Crippen LogP contribution in [0.25, 0.3) is 28.0 Å². The van der Waals surface area contributed by atoms with Gasteiger partial charge >= 0.3 is 5.97 Å². The molecule has 0 amide bonds. The van der Waals surface area contributed by atoms with Gasteiger partial charge in [-0.05, 0) is 115 Å². The number of fused-ring (bicyclic) bond motifs is 8. The van der Waals surface area contributed by atoms with Crippen molar-refractivity contribution in [2.45, 2.75) is 104 Å². The van der Waals surface area contributed by atoms with Crippen molar-refractivity contribution in [3.05, 3.63) is 70.9 Å². The Morgan fingerprint density at radius 2 is 1.78 bits per heavy atom. The predicted octanol–water partition coefficient (Wildman–Crippen LogP) is 8.92. The third-order valence-electron chi connectivity index (χ3n) is 10.0. The maximum Gasteiger partial charge on any atom is 0.339 e. The number of methoxy groups -OCH3 is 1. The predicted molar refractivity (Wildman–Crippen MR) is 191 cm³/mol. The summed E-state index contributed by atoms with van der Waals surface area (Å²) in [6.07, 6.45) is 4.81. The molecule has 0 aliphatic carbocycles. The van der Waals surface area contributed by atoms with Crippen molar-refractivity contribution in [2.75, 3.05) is 31.7 Å². The molecule has 7 rings (SSSR count). The Hall–Kier alpha value is -4.02. The summed E-state index contributed by atoms with van der Waals surface area (Å²) in [5, 5.41) is 0. The molecule has 0 radical (unpaired) electrons. The fourth-order valence-electron chi connectivity index (χ4n) is 7.13. The first-order valence-corrected chi connectivity index (χ1v) is 17.6. The molecule has 2 atom stereocenters. The number of carbonyl (C=O) groups is 1. The van der Waals surface area contributed by atoms with Crippen molar-refractivity contribution < 1.29 is 32.5 Å². The summed E-state index contributed by atoms with van der Waals surface area (Å²) in [5.41, 5.74) is 4.22. The molecule has 4 aromatic rings. The molecule has 3 aliphatic rings. The van der Waals surface area contributed by atoms with Gasteiger partial charge in [-0.1, -0.05) is 18.2 Å². The first-order chi connectivity index (χ1) is 23.7. The van der Waals surface area contributed by atoms with Gasteiger partial charge < -0.3 is 23.8 Å². The number of nitrogens with zero attached hydrogens (tertiary/aromatic N) is 3. The quantitative estimate of drug-likeness (QED) is 0.199. The number of imidazole rings is 1. The Morgan fingerprint density at radius 3 is 2.48 bits per heavy atom. The second-order valence-corrected chi connectivity index (χ2v) is 15.0. The smallest absolute Gasteiger partial charge is 0.339 e. The Bertz CT molecular complexity index is 1890. The van der Waals surface area contributed by atoms with Crippen molar-refractivity contribution in [1.29, 1.82) is 0 Å². The van der Waals surface area contributed by atoms with Gasteiger partial charge in [-0.3, -0.25) is 4.40 Å². The van der Waals surface area contributed by atoms with Gasteiger partial charge in [-0.2, -0.15) is 0 Å². The van der Waals surface area contributed by atoms with E-state index in [0.29, 0.717) is 31.0 Å². The van der Waals surface area contributed by atoms with E-state index in [-0.39, 0.29) is 23.0 Å². The summed E-state index contributed by atoms with van der Waals surface area (Å²) >= 11 is 0. The number of benzene rings is 2. The maximum absolute atomic E-state index is 15.6. The number of pyridine rings is 1. The minimum atomic E-state index is -0.987. The fraction of sp³-hybridized carbons (Fsp3) is 0.500. The van der Waals surface area contributed by atoms with Gasteiger partial charge in [0.25, 0.3) is 0 Å². The molecule has 50 heavy (non-hydrogen) atoms. The van der Waals surface area contributed by atoms with Crippen LogP contribution in [0.4, 0.5) is 14.6 Å². The van der Waals surface area contributed by atoms with E-state index in [1.54, 1.807) is 6.07 Å². The van der Waals surface area contributed by atoms with E-state index in [1.807, 2.05) is 70.3 Å². The van der Waals surface area contributed by atoms with Crippen molar-refractivity contribution >= 4 is 17.4 Å². The Labute approximate surface area is 293 Å². The van der Waals surface area contributed by atoms with Gasteiger partial charge in [0.05, 0.1) is 35.7 Å². The van der Waals surface area contributed by atoms with Gasteiger partial charge in [0.15, 0.2) is 17.7 Å². The summed E-state index contributed by atoms with van der Waals surface area (Å²) in [6.45, 7) is 15.9. The van der Waals surface area contributed by atoms with Crippen molar-refractivity contribution in [3.63, 3.8) is 0 Å².